The van der Waals surface area contributed by atoms with E-state index in [1.165, 1.54) is 6.20 Å². The molecule has 3 atom stereocenters. The fourth-order valence-corrected chi connectivity index (χ4v) is 5.89. The van der Waals surface area contributed by atoms with Crippen LogP contribution in [0.4, 0.5) is 24.5 Å². The summed E-state index contributed by atoms with van der Waals surface area (Å²) in [7, 11) is 0. The third-order valence-electron chi connectivity index (χ3n) is 7.93. The van der Waals surface area contributed by atoms with Crippen molar-refractivity contribution in [3.8, 4) is 11.1 Å². The molecule has 41 heavy (non-hydrogen) atoms. The van der Waals surface area contributed by atoms with Crippen molar-refractivity contribution in [2.75, 3.05) is 17.2 Å². The quantitative estimate of drug-likeness (QED) is 0.205. The smallest absolute Gasteiger partial charge is 0.227 e. The number of nitrogens with one attached hydrogen (secondary N) is 2. The Balaban J connectivity index is 1.52. The second kappa shape index (κ2) is 11.9. The van der Waals surface area contributed by atoms with Crippen molar-refractivity contribution in [1.82, 2.24) is 9.88 Å². The lowest BCUT2D eigenvalue weighted by Crippen LogP contribution is -2.41. The van der Waals surface area contributed by atoms with Crippen LogP contribution < -0.4 is 10.6 Å². The van der Waals surface area contributed by atoms with Crippen LogP contribution in [-0.4, -0.2) is 34.7 Å². The number of aromatic nitrogens is 1. The highest BCUT2D eigenvalue weighted by Gasteiger charge is 2.36. The van der Waals surface area contributed by atoms with Crippen LogP contribution >= 0.6 is 11.6 Å². The molecule has 0 aliphatic carbocycles. The molecule has 2 bridgehead atoms. The Morgan fingerprint density at radius 3 is 2.66 bits per heavy atom. The van der Waals surface area contributed by atoms with Crippen molar-refractivity contribution in [2.24, 2.45) is 5.92 Å². The van der Waals surface area contributed by atoms with Crippen LogP contribution in [0, 0.1) is 23.5 Å². The monoisotopic (exact) mass is 584 g/mol. The van der Waals surface area contributed by atoms with Crippen LogP contribution in [-0.2, 0) is 14.4 Å². The molecule has 2 aliphatic rings. The van der Waals surface area contributed by atoms with Crippen molar-refractivity contribution < 1.29 is 27.6 Å². The molecule has 0 saturated carbocycles. The van der Waals surface area contributed by atoms with E-state index in [0.29, 0.717) is 48.2 Å². The van der Waals surface area contributed by atoms with Crippen LogP contribution in [0.3, 0.4) is 0 Å². The van der Waals surface area contributed by atoms with Crippen LogP contribution in [0.2, 0.25) is 5.02 Å². The topological polar surface area (TPSA) is 91.4 Å². The van der Waals surface area contributed by atoms with Crippen LogP contribution in [0.15, 0.2) is 42.6 Å². The minimum atomic E-state index is -0.871. The first-order valence-electron chi connectivity index (χ1n) is 13.4. The zero-order valence-electron chi connectivity index (χ0n) is 22.2. The highest BCUT2D eigenvalue weighted by Crippen LogP contribution is 2.41. The SMILES string of the molecule is CC1CCCC(N2CC[C@H](c3c(F)ccc(Cl)c3F)CC2=O)c2cc(cnc2F)-c2ccc(NC=O)cc2NC1=O. The van der Waals surface area contributed by atoms with Gasteiger partial charge in [-0.1, -0.05) is 31.0 Å². The number of piperidine rings is 1. The maximum absolute atomic E-state index is 15.4. The van der Waals surface area contributed by atoms with Crippen molar-refractivity contribution in [1.29, 1.82) is 0 Å². The second-order valence-electron chi connectivity index (χ2n) is 10.5. The number of carbonyl (C=O) groups is 3. The van der Waals surface area contributed by atoms with Gasteiger partial charge in [-0.2, -0.15) is 4.39 Å². The van der Waals surface area contributed by atoms with Crippen LogP contribution in [0.5, 0.6) is 0 Å². The van der Waals surface area contributed by atoms with Gasteiger partial charge in [-0.15, -0.1) is 0 Å². The molecule has 2 N–H and O–H groups in total. The molecule has 1 saturated heterocycles. The molecule has 5 rings (SSSR count). The normalized spacial score (nSPS) is 21.3. The third kappa shape index (κ3) is 5.79. The van der Waals surface area contributed by atoms with Crippen molar-refractivity contribution >= 4 is 41.2 Å². The Kier molecular flexibility index (Phi) is 8.30. The van der Waals surface area contributed by atoms with Gasteiger partial charge in [-0.25, -0.2) is 13.8 Å². The third-order valence-corrected chi connectivity index (χ3v) is 8.22. The summed E-state index contributed by atoms with van der Waals surface area (Å²) < 4.78 is 44.6. The van der Waals surface area contributed by atoms with Gasteiger partial charge in [-0.05, 0) is 49.6 Å². The Morgan fingerprint density at radius 1 is 1.10 bits per heavy atom. The number of anilines is 2. The molecule has 0 radical (unpaired) electrons. The van der Waals surface area contributed by atoms with Crippen molar-refractivity contribution in [3.63, 3.8) is 0 Å². The molecule has 3 amide bonds. The summed E-state index contributed by atoms with van der Waals surface area (Å²) in [4.78, 5) is 43.0. The summed E-state index contributed by atoms with van der Waals surface area (Å²) in [5, 5.41) is 5.26. The molecule has 214 valence electrons. The zero-order valence-corrected chi connectivity index (χ0v) is 23.0. The van der Waals surface area contributed by atoms with E-state index in [0.717, 1.165) is 12.1 Å². The Morgan fingerprint density at radius 2 is 1.90 bits per heavy atom. The average molecular weight is 585 g/mol. The molecule has 2 aliphatic heterocycles. The van der Waals surface area contributed by atoms with Gasteiger partial charge in [0, 0.05) is 58.9 Å². The maximum atomic E-state index is 15.4. The first kappa shape index (κ1) is 28.6. The molecule has 2 aromatic carbocycles. The highest BCUT2D eigenvalue weighted by molar-refractivity contribution is 6.30. The lowest BCUT2D eigenvalue weighted by Gasteiger charge is -2.38. The number of benzene rings is 2. The zero-order chi connectivity index (χ0) is 29.3. The minimum absolute atomic E-state index is 0.149. The minimum Gasteiger partial charge on any atom is -0.335 e. The molecule has 7 nitrogen and oxygen atoms in total. The van der Waals surface area contributed by atoms with E-state index in [-0.39, 0.29) is 53.3 Å². The number of nitrogens with zero attached hydrogens (tertiary/aromatic N) is 2. The molecular weight excluding hydrogens is 557 g/mol. The van der Waals surface area contributed by atoms with Gasteiger partial charge in [0.05, 0.1) is 16.8 Å². The number of pyridine rings is 1. The van der Waals surface area contributed by atoms with Gasteiger partial charge in [0.2, 0.25) is 24.2 Å². The molecule has 1 aromatic heterocycles. The van der Waals surface area contributed by atoms with E-state index in [4.69, 9.17) is 11.6 Å². The summed E-state index contributed by atoms with van der Waals surface area (Å²) in [6.07, 6.45) is 3.33. The van der Waals surface area contributed by atoms with E-state index in [2.05, 4.69) is 15.6 Å². The summed E-state index contributed by atoms with van der Waals surface area (Å²) in [5.41, 5.74) is 1.97. The highest BCUT2D eigenvalue weighted by atomic mass is 35.5. The maximum Gasteiger partial charge on any atom is 0.227 e. The molecular formula is C30H28ClF3N4O3. The Labute approximate surface area is 240 Å². The summed E-state index contributed by atoms with van der Waals surface area (Å²) in [6.45, 7) is 1.94. The fraction of sp³-hybridized carbons (Fsp3) is 0.333. The summed E-state index contributed by atoms with van der Waals surface area (Å²) in [6, 6.07) is 8.10. The molecule has 1 fully saturated rings. The summed E-state index contributed by atoms with van der Waals surface area (Å²) >= 11 is 5.88. The van der Waals surface area contributed by atoms with E-state index >= 15 is 4.39 Å². The van der Waals surface area contributed by atoms with Crippen molar-refractivity contribution in [2.45, 2.75) is 51.0 Å². The molecule has 2 unspecified atom stereocenters. The number of halogens is 4. The molecule has 3 heterocycles. The van der Waals surface area contributed by atoms with Crippen LogP contribution in [0.25, 0.3) is 11.1 Å². The average Bonchev–Trinajstić information content (AvgIpc) is 2.94. The Hall–Kier alpha value is -3.92. The number of rotatable bonds is 4. The fourth-order valence-electron chi connectivity index (χ4n) is 5.73. The number of fused-ring (bicyclic) bond motifs is 4. The van der Waals surface area contributed by atoms with Crippen LogP contribution in [0.1, 0.15) is 62.1 Å². The first-order valence-corrected chi connectivity index (χ1v) is 13.8. The first-order chi connectivity index (χ1) is 19.7. The van der Waals surface area contributed by atoms with Gasteiger partial charge in [-0.3, -0.25) is 14.4 Å². The van der Waals surface area contributed by atoms with Gasteiger partial charge in [0.25, 0.3) is 0 Å². The number of likely N-dealkylation sites (tertiary alicyclic amines) is 1. The molecule has 3 aromatic rings. The Bertz CT molecular complexity index is 1520. The predicted octanol–water partition coefficient (Wildman–Crippen LogP) is 6.59. The number of hydrogen-bond acceptors (Lipinski definition) is 4. The second-order valence-corrected chi connectivity index (χ2v) is 10.9. The lowest BCUT2D eigenvalue weighted by atomic mass is 9.86. The standard InChI is InChI=1S/C30H28ClF3N4O3/c1-16-3-2-4-25(38-10-9-17(12-26(38)40)27-23(32)8-7-22(31)28(27)33)21-11-18(14-35-29(21)34)20-6-5-19(36-15-39)13-24(20)37-30(16)41/h5-8,11,13-17,25H,2-4,9-10,12H2,1H3,(H,36,39)(H,37,41)/t16?,17-,25?/m0/s1. The van der Waals surface area contributed by atoms with Gasteiger partial charge in [0.1, 0.15) is 11.6 Å². The van der Waals surface area contributed by atoms with Gasteiger partial charge >= 0.3 is 0 Å². The number of hydrogen-bond donors (Lipinski definition) is 2. The largest absolute Gasteiger partial charge is 0.335 e. The predicted molar refractivity (Wildman–Crippen MR) is 149 cm³/mol. The van der Waals surface area contributed by atoms with E-state index in [9.17, 15) is 23.2 Å². The van der Waals surface area contributed by atoms with Crippen molar-refractivity contribution in [3.05, 3.63) is 76.3 Å². The van der Waals surface area contributed by atoms with E-state index in [1.807, 2.05) is 0 Å². The van der Waals surface area contributed by atoms with E-state index < -0.39 is 29.5 Å². The molecule has 11 heteroatoms. The lowest BCUT2D eigenvalue weighted by molar-refractivity contribution is -0.137. The summed E-state index contributed by atoms with van der Waals surface area (Å²) in [5.74, 6) is -4.03. The number of amides is 3. The van der Waals surface area contributed by atoms with E-state index in [1.54, 1.807) is 36.1 Å². The molecule has 0 spiro atoms. The number of carbonyl (C=O) groups excluding carboxylic acids is 3. The van der Waals surface area contributed by atoms with Gasteiger partial charge in [0.15, 0.2) is 0 Å². The van der Waals surface area contributed by atoms with Gasteiger partial charge < -0.3 is 15.5 Å².